The molecular formula is C30H33ClN6. The van der Waals surface area contributed by atoms with Crippen LogP contribution in [0, 0.1) is 6.92 Å². The summed E-state index contributed by atoms with van der Waals surface area (Å²) in [5.74, 6) is 1.94. The van der Waals surface area contributed by atoms with Crippen molar-refractivity contribution in [2.45, 2.75) is 32.2 Å². The highest BCUT2D eigenvalue weighted by Gasteiger charge is 2.25. The average Bonchev–Trinajstić information content (AvgIpc) is 3.23. The summed E-state index contributed by atoms with van der Waals surface area (Å²) in [7, 11) is 0. The first kappa shape index (κ1) is 24.2. The molecule has 0 spiro atoms. The summed E-state index contributed by atoms with van der Waals surface area (Å²) in [5, 5.41) is 16.8. The van der Waals surface area contributed by atoms with Gasteiger partial charge in [0.2, 0.25) is 0 Å². The Morgan fingerprint density at radius 2 is 1.70 bits per heavy atom. The van der Waals surface area contributed by atoms with Crippen LogP contribution in [0.2, 0.25) is 5.02 Å². The summed E-state index contributed by atoms with van der Waals surface area (Å²) >= 11 is 6.13. The number of piperazine rings is 1. The fourth-order valence-electron chi connectivity index (χ4n) is 5.51. The van der Waals surface area contributed by atoms with Gasteiger partial charge in [0.15, 0.2) is 0 Å². The van der Waals surface area contributed by atoms with Crippen molar-refractivity contribution < 1.29 is 0 Å². The Kier molecular flexibility index (Phi) is 6.96. The zero-order valence-corrected chi connectivity index (χ0v) is 22.0. The van der Waals surface area contributed by atoms with E-state index in [-0.39, 0.29) is 6.04 Å². The Balaban J connectivity index is 1.28. The molecule has 4 aromatic rings. The first-order valence-corrected chi connectivity index (χ1v) is 13.6. The second-order valence-corrected chi connectivity index (χ2v) is 10.5. The molecule has 3 aromatic carbocycles. The Morgan fingerprint density at radius 1 is 0.946 bits per heavy atom. The minimum atomic E-state index is 0.149. The highest BCUT2D eigenvalue weighted by atomic mass is 35.5. The number of nitrogens with zero attached hydrogens (tertiary/aromatic N) is 4. The molecule has 1 atom stereocenters. The molecule has 0 bridgehead atoms. The van der Waals surface area contributed by atoms with Crippen LogP contribution in [0.4, 0.5) is 5.69 Å². The van der Waals surface area contributed by atoms with Crippen molar-refractivity contribution in [1.29, 1.82) is 0 Å². The Bertz CT molecular complexity index is 1360. The molecule has 0 saturated carbocycles. The normalized spacial score (nSPS) is 17.6. The topological polar surface area (TPSA) is 58.0 Å². The third-order valence-corrected chi connectivity index (χ3v) is 7.84. The van der Waals surface area contributed by atoms with E-state index in [0.29, 0.717) is 0 Å². The number of aryl methyl sites for hydroxylation is 2. The quantitative estimate of drug-likeness (QED) is 0.360. The van der Waals surface area contributed by atoms with Crippen molar-refractivity contribution in [2.75, 3.05) is 38.0 Å². The molecule has 1 unspecified atom stereocenters. The van der Waals surface area contributed by atoms with Crippen LogP contribution < -0.4 is 10.6 Å². The molecule has 0 aliphatic carbocycles. The van der Waals surface area contributed by atoms with Gasteiger partial charge in [-0.2, -0.15) is 0 Å². The van der Waals surface area contributed by atoms with Crippen molar-refractivity contribution in [2.24, 2.45) is 0 Å². The summed E-state index contributed by atoms with van der Waals surface area (Å²) in [4.78, 5) is 2.55. The predicted octanol–water partition coefficient (Wildman–Crippen LogP) is 5.44. The summed E-state index contributed by atoms with van der Waals surface area (Å²) in [6.45, 7) is 7.64. The third-order valence-electron chi connectivity index (χ3n) is 7.59. The van der Waals surface area contributed by atoms with Gasteiger partial charge in [-0.1, -0.05) is 41.9 Å². The first-order chi connectivity index (χ1) is 18.1. The van der Waals surface area contributed by atoms with Gasteiger partial charge in [-0.25, -0.2) is 0 Å². The van der Waals surface area contributed by atoms with Crippen LogP contribution in [0.25, 0.3) is 16.8 Å². The highest BCUT2D eigenvalue weighted by Crippen LogP contribution is 2.36. The fourth-order valence-corrected chi connectivity index (χ4v) is 5.64. The molecule has 1 saturated heterocycles. The lowest BCUT2D eigenvalue weighted by atomic mass is 9.95. The van der Waals surface area contributed by atoms with Crippen LogP contribution in [0.1, 0.15) is 35.2 Å². The number of anilines is 1. The predicted molar refractivity (Wildman–Crippen MR) is 151 cm³/mol. The summed E-state index contributed by atoms with van der Waals surface area (Å²) < 4.78 is 2.21. The number of halogens is 1. The summed E-state index contributed by atoms with van der Waals surface area (Å²) in [6, 6.07) is 24.0. The lowest BCUT2D eigenvalue weighted by molar-refractivity contribution is 0.244. The number of fused-ring (bicyclic) bond motifs is 3. The monoisotopic (exact) mass is 512 g/mol. The molecular weight excluding hydrogens is 480 g/mol. The molecule has 37 heavy (non-hydrogen) atoms. The van der Waals surface area contributed by atoms with Crippen LogP contribution in [0.5, 0.6) is 0 Å². The second kappa shape index (κ2) is 10.7. The van der Waals surface area contributed by atoms with Crippen LogP contribution in [-0.4, -0.2) is 52.4 Å². The fraction of sp³-hybridized carbons (Fsp3) is 0.333. The lowest BCUT2D eigenvalue weighted by Gasteiger charge is -2.27. The van der Waals surface area contributed by atoms with Gasteiger partial charge in [0.05, 0.1) is 11.7 Å². The van der Waals surface area contributed by atoms with E-state index < -0.39 is 0 Å². The number of hydrogen-bond acceptors (Lipinski definition) is 5. The smallest absolute Gasteiger partial charge is 0.137 e. The van der Waals surface area contributed by atoms with E-state index in [1.807, 2.05) is 31.2 Å². The molecule has 0 amide bonds. The maximum absolute atomic E-state index is 6.13. The molecule has 7 heteroatoms. The van der Waals surface area contributed by atoms with Crippen LogP contribution in [-0.2, 0) is 12.8 Å². The molecule has 1 aromatic heterocycles. The Hall–Kier alpha value is -3.19. The molecule has 2 N–H and O–H groups in total. The van der Waals surface area contributed by atoms with Crippen molar-refractivity contribution in [1.82, 2.24) is 25.0 Å². The minimum absolute atomic E-state index is 0.149. The zero-order chi connectivity index (χ0) is 25.2. The third kappa shape index (κ3) is 5.28. The molecule has 6 nitrogen and oxygen atoms in total. The van der Waals surface area contributed by atoms with Crippen LogP contribution in [0.15, 0.2) is 66.7 Å². The Labute approximate surface area is 223 Å². The summed E-state index contributed by atoms with van der Waals surface area (Å²) in [6.07, 6.45) is 2.88. The number of nitrogens with one attached hydrogen (secondary N) is 2. The van der Waals surface area contributed by atoms with E-state index in [1.54, 1.807) is 0 Å². The lowest BCUT2D eigenvalue weighted by Crippen LogP contribution is -2.44. The van der Waals surface area contributed by atoms with Gasteiger partial charge < -0.3 is 15.5 Å². The Morgan fingerprint density at radius 3 is 2.49 bits per heavy atom. The number of benzene rings is 3. The van der Waals surface area contributed by atoms with Crippen molar-refractivity contribution in [3.8, 4) is 16.8 Å². The minimum Gasteiger partial charge on any atom is -0.378 e. The number of rotatable bonds is 6. The average molecular weight is 513 g/mol. The van der Waals surface area contributed by atoms with Gasteiger partial charge in [-0.05, 0) is 78.4 Å². The van der Waals surface area contributed by atoms with Crippen LogP contribution in [0.3, 0.4) is 0 Å². The largest absolute Gasteiger partial charge is 0.378 e. The van der Waals surface area contributed by atoms with Gasteiger partial charge in [0.25, 0.3) is 0 Å². The van der Waals surface area contributed by atoms with E-state index >= 15 is 0 Å². The van der Waals surface area contributed by atoms with E-state index in [2.05, 4.69) is 72.8 Å². The van der Waals surface area contributed by atoms with Crippen LogP contribution >= 0.6 is 11.6 Å². The number of aromatic nitrogens is 3. The second-order valence-electron chi connectivity index (χ2n) is 10.1. The maximum Gasteiger partial charge on any atom is 0.137 e. The number of hydrogen-bond donors (Lipinski definition) is 2. The maximum atomic E-state index is 6.13. The molecule has 1 fully saturated rings. The van der Waals surface area contributed by atoms with Gasteiger partial charge in [0.1, 0.15) is 11.6 Å². The van der Waals surface area contributed by atoms with Gasteiger partial charge >= 0.3 is 0 Å². The van der Waals surface area contributed by atoms with E-state index in [1.165, 1.54) is 22.3 Å². The summed E-state index contributed by atoms with van der Waals surface area (Å²) in [5.41, 5.74) is 7.33. The SMILES string of the molecule is Cc1nnc2n1-c1ccc(-c3ccc(CCN4CCNCC4)cc3)cc1C(Nc1ccc(Cl)cc1)CC2. The van der Waals surface area contributed by atoms with Crippen molar-refractivity contribution in [3.05, 3.63) is 94.5 Å². The van der Waals surface area contributed by atoms with E-state index in [9.17, 15) is 0 Å². The molecule has 3 heterocycles. The molecule has 2 aliphatic heterocycles. The molecule has 2 aliphatic rings. The van der Waals surface area contributed by atoms with Gasteiger partial charge in [0, 0.05) is 49.9 Å². The van der Waals surface area contributed by atoms with Gasteiger partial charge in [-0.3, -0.25) is 4.57 Å². The van der Waals surface area contributed by atoms with E-state index in [0.717, 1.165) is 80.0 Å². The molecule has 6 rings (SSSR count). The molecule has 190 valence electrons. The standard InChI is InChI=1S/C30H33ClN6/c1-21-34-35-30-13-11-28(33-26-9-7-25(31)8-10-26)27-20-24(6-12-29(27)37(21)30)23-4-2-22(3-5-23)14-17-36-18-15-32-16-19-36/h2-10,12,20,28,32-33H,11,13-19H2,1H3. The zero-order valence-electron chi connectivity index (χ0n) is 21.3. The van der Waals surface area contributed by atoms with Crippen molar-refractivity contribution in [3.63, 3.8) is 0 Å². The molecule has 0 radical (unpaired) electrons. The van der Waals surface area contributed by atoms with Crippen molar-refractivity contribution >= 4 is 17.3 Å². The van der Waals surface area contributed by atoms with E-state index in [4.69, 9.17) is 11.6 Å². The van der Waals surface area contributed by atoms with Gasteiger partial charge in [-0.15, -0.1) is 10.2 Å². The highest BCUT2D eigenvalue weighted by molar-refractivity contribution is 6.30. The first-order valence-electron chi connectivity index (χ1n) is 13.2.